The maximum absolute atomic E-state index is 11.2. The van der Waals surface area contributed by atoms with E-state index in [0.29, 0.717) is 30.5 Å². The highest BCUT2D eigenvalue weighted by Gasteiger charge is 2.40. The highest BCUT2D eigenvalue weighted by atomic mass is 16.5. The Hall–Kier alpha value is -2.79. The lowest BCUT2D eigenvalue weighted by atomic mass is 9.84. The van der Waals surface area contributed by atoms with E-state index in [9.17, 15) is 5.11 Å². The van der Waals surface area contributed by atoms with Gasteiger partial charge in [0, 0.05) is 43.1 Å². The monoisotopic (exact) mass is 506 g/mol. The van der Waals surface area contributed by atoms with Crippen molar-refractivity contribution in [1.82, 2.24) is 24.6 Å². The second-order valence-corrected chi connectivity index (χ2v) is 10.9. The molecule has 0 spiro atoms. The fourth-order valence-electron chi connectivity index (χ4n) is 6.67. The van der Waals surface area contributed by atoms with Crippen LogP contribution in [0.5, 0.6) is 6.01 Å². The second-order valence-electron chi connectivity index (χ2n) is 10.9. The lowest BCUT2D eigenvalue weighted by molar-refractivity contribution is 0.0264. The van der Waals surface area contributed by atoms with Crippen LogP contribution in [0.4, 0.5) is 5.82 Å². The van der Waals surface area contributed by atoms with Crippen LogP contribution in [0.1, 0.15) is 36.3 Å². The van der Waals surface area contributed by atoms with Gasteiger partial charge < -0.3 is 24.2 Å². The minimum atomic E-state index is -0.416. The van der Waals surface area contributed by atoms with Gasteiger partial charge in [0.1, 0.15) is 5.82 Å². The van der Waals surface area contributed by atoms with Gasteiger partial charge in [-0.25, -0.2) is 4.68 Å². The maximum atomic E-state index is 11.2. The number of aryl methyl sites for hydroxylation is 1. The number of aliphatic hydroxyl groups is 1. The maximum Gasteiger partial charge on any atom is 0.320 e. The van der Waals surface area contributed by atoms with E-state index in [1.807, 2.05) is 16.9 Å². The molecule has 1 aromatic carbocycles. The Morgan fingerprint density at radius 2 is 1.95 bits per heavy atom. The summed E-state index contributed by atoms with van der Waals surface area (Å²) in [6.07, 6.45) is 4.74. The minimum absolute atomic E-state index is 0.0852. The smallest absolute Gasteiger partial charge is 0.320 e. The van der Waals surface area contributed by atoms with Crippen LogP contribution < -0.4 is 9.64 Å². The highest BCUT2D eigenvalue weighted by molar-refractivity contribution is 5.82. The molecule has 1 N–H and O–H groups in total. The summed E-state index contributed by atoms with van der Waals surface area (Å²) in [5, 5.41) is 17.0. The molecule has 4 saturated heterocycles. The summed E-state index contributed by atoms with van der Waals surface area (Å²) >= 11 is 0. The molecule has 196 valence electrons. The van der Waals surface area contributed by atoms with E-state index >= 15 is 0 Å². The van der Waals surface area contributed by atoms with Crippen molar-refractivity contribution in [3.63, 3.8) is 0 Å². The normalized spacial score (nSPS) is 30.0. The van der Waals surface area contributed by atoms with Crippen molar-refractivity contribution in [2.75, 3.05) is 51.5 Å². The first kappa shape index (κ1) is 23.3. The number of aliphatic hydroxyl groups excluding tert-OH is 1. The Balaban J connectivity index is 1.22. The van der Waals surface area contributed by atoms with Gasteiger partial charge in [-0.15, -0.1) is 0 Å². The number of methoxy groups -OCH3 is 1. The Labute approximate surface area is 216 Å². The molecule has 3 aromatic rings. The average molecular weight is 507 g/mol. The fraction of sp³-hybridized carbons (Fsp3) is 0.593. The van der Waals surface area contributed by atoms with Crippen molar-refractivity contribution in [2.45, 2.75) is 56.4 Å². The number of hydrogen-bond donors (Lipinski definition) is 1. The van der Waals surface area contributed by atoms with Crippen LogP contribution in [0, 0.1) is 6.92 Å². The summed E-state index contributed by atoms with van der Waals surface area (Å²) in [4.78, 5) is 14.0. The molecule has 2 bridgehead atoms. The largest absolute Gasteiger partial charge is 0.467 e. The summed E-state index contributed by atoms with van der Waals surface area (Å²) in [7, 11) is 1.59. The standard InChI is InChI=1S/C27H34N6O4/c1-16-7-17-11-28-33(26-10-25(29-27(30-26)35-2)32-12-20-8-19(32)15-37-20)23(17)9-22(16)21-3-5-31(13-24(21)34)18-4-6-36-14-18/h7,9-11,18-21,24,34H,3-6,8,12-15H2,1-2H3. The number of β-amino-alcohol motifs (C(OH)–C–C–N with tert-alkyl or cyclic N) is 1. The van der Waals surface area contributed by atoms with Crippen LogP contribution >= 0.6 is 0 Å². The number of morpholine rings is 1. The molecule has 6 heterocycles. The number of anilines is 1. The van der Waals surface area contributed by atoms with E-state index in [2.05, 4.69) is 38.8 Å². The molecule has 10 heteroatoms. The van der Waals surface area contributed by atoms with E-state index in [0.717, 1.165) is 68.9 Å². The number of aromatic nitrogens is 4. The third kappa shape index (κ3) is 4.06. The molecule has 7 rings (SSSR count). The van der Waals surface area contributed by atoms with Gasteiger partial charge in [-0.05, 0) is 56.0 Å². The van der Waals surface area contributed by atoms with Crippen molar-refractivity contribution in [3.8, 4) is 11.8 Å². The number of nitrogens with zero attached hydrogens (tertiary/aromatic N) is 6. The first-order valence-corrected chi connectivity index (χ1v) is 13.4. The van der Waals surface area contributed by atoms with Crippen LogP contribution in [0.25, 0.3) is 16.7 Å². The fourth-order valence-corrected chi connectivity index (χ4v) is 6.67. The molecule has 0 radical (unpaired) electrons. The van der Waals surface area contributed by atoms with Gasteiger partial charge in [0.2, 0.25) is 0 Å². The molecule has 4 aliphatic rings. The Bertz CT molecular complexity index is 1310. The van der Waals surface area contributed by atoms with Crippen LogP contribution in [-0.4, -0.2) is 101 Å². The Kier molecular flexibility index (Phi) is 5.80. The zero-order valence-corrected chi connectivity index (χ0v) is 21.4. The number of fused-ring (bicyclic) bond motifs is 3. The SMILES string of the molecule is COc1nc(N2CC3CC2CO3)cc(-n2ncc3cc(C)c(C4CCN(C5CCOC5)CC4O)cc32)n1. The third-order valence-electron chi connectivity index (χ3n) is 8.66. The second kappa shape index (κ2) is 9.20. The molecule has 0 saturated carbocycles. The van der Waals surface area contributed by atoms with Gasteiger partial charge in [0.15, 0.2) is 5.82 Å². The van der Waals surface area contributed by atoms with Crippen molar-refractivity contribution in [1.29, 1.82) is 0 Å². The lowest BCUT2D eigenvalue weighted by Gasteiger charge is -2.39. The van der Waals surface area contributed by atoms with Gasteiger partial charge in [-0.3, -0.25) is 4.90 Å². The summed E-state index contributed by atoms with van der Waals surface area (Å²) < 4.78 is 18.7. The Morgan fingerprint density at radius 3 is 2.68 bits per heavy atom. The minimum Gasteiger partial charge on any atom is -0.467 e. The molecule has 4 fully saturated rings. The molecule has 5 unspecified atom stereocenters. The lowest BCUT2D eigenvalue weighted by Crippen LogP contribution is -2.48. The predicted octanol–water partition coefficient (Wildman–Crippen LogP) is 2.05. The van der Waals surface area contributed by atoms with Crippen LogP contribution in [0.3, 0.4) is 0 Å². The van der Waals surface area contributed by atoms with Gasteiger partial charge in [-0.2, -0.15) is 15.1 Å². The van der Waals surface area contributed by atoms with Crippen molar-refractivity contribution < 1.29 is 19.3 Å². The quantitative estimate of drug-likeness (QED) is 0.558. The van der Waals surface area contributed by atoms with E-state index in [1.54, 1.807) is 7.11 Å². The summed E-state index contributed by atoms with van der Waals surface area (Å²) in [5.74, 6) is 1.60. The summed E-state index contributed by atoms with van der Waals surface area (Å²) in [6.45, 7) is 6.95. The molecule has 0 aliphatic carbocycles. The van der Waals surface area contributed by atoms with Gasteiger partial charge in [-0.1, -0.05) is 0 Å². The van der Waals surface area contributed by atoms with Crippen molar-refractivity contribution in [3.05, 3.63) is 35.5 Å². The highest BCUT2D eigenvalue weighted by Crippen LogP contribution is 2.36. The molecule has 37 heavy (non-hydrogen) atoms. The molecule has 0 amide bonds. The van der Waals surface area contributed by atoms with E-state index < -0.39 is 6.10 Å². The number of rotatable bonds is 5. The van der Waals surface area contributed by atoms with Gasteiger partial charge in [0.25, 0.3) is 0 Å². The van der Waals surface area contributed by atoms with E-state index in [4.69, 9.17) is 19.3 Å². The molecule has 4 aliphatic heterocycles. The zero-order chi connectivity index (χ0) is 25.1. The van der Waals surface area contributed by atoms with E-state index in [-0.39, 0.29) is 12.0 Å². The van der Waals surface area contributed by atoms with Gasteiger partial charge >= 0.3 is 6.01 Å². The van der Waals surface area contributed by atoms with Crippen LogP contribution in [0.2, 0.25) is 0 Å². The molecule has 5 atom stereocenters. The number of piperidine rings is 1. The predicted molar refractivity (Wildman–Crippen MR) is 138 cm³/mol. The number of ether oxygens (including phenoxy) is 3. The number of benzene rings is 1. The van der Waals surface area contributed by atoms with Crippen LogP contribution in [0.15, 0.2) is 24.4 Å². The topological polar surface area (TPSA) is 98.0 Å². The zero-order valence-electron chi connectivity index (χ0n) is 21.4. The van der Waals surface area contributed by atoms with Crippen molar-refractivity contribution in [2.24, 2.45) is 0 Å². The molecular weight excluding hydrogens is 472 g/mol. The average Bonchev–Trinajstić information content (AvgIpc) is 3.73. The van der Waals surface area contributed by atoms with E-state index in [1.165, 1.54) is 11.1 Å². The first-order valence-electron chi connectivity index (χ1n) is 13.4. The molecule has 10 nitrogen and oxygen atoms in total. The van der Waals surface area contributed by atoms with Crippen molar-refractivity contribution >= 4 is 16.7 Å². The van der Waals surface area contributed by atoms with Crippen LogP contribution in [-0.2, 0) is 9.47 Å². The molecular formula is C27H34N6O4. The summed E-state index contributed by atoms with van der Waals surface area (Å²) in [5.41, 5.74) is 3.33. The third-order valence-corrected chi connectivity index (χ3v) is 8.66. The molecule has 2 aromatic heterocycles. The first-order chi connectivity index (χ1) is 18.1. The van der Waals surface area contributed by atoms with Gasteiger partial charge in [0.05, 0.1) is 50.3 Å². The number of likely N-dealkylation sites (tertiary alicyclic amines) is 1. The summed E-state index contributed by atoms with van der Waals surface area (Å²) in [6, 6.07) is 7.45. The Morgan fingerprint density at radius 1 is 1.05 bits per heavy atom. The number of hydrogen-bond acceptors (Lipinski definition) is 9.